The molecule has 0 aromatic carbocycles. The third kappa shape index (κ3) is 6.73. The quantitative estimate of drug-likeness (QED) is 0.349. The molecule has 1 saturated carbocycles. The molecule has 1 heterocycles. The number of hydrogen-bond acceptors (Lipinski definition) is 4. The van der Waals surface area contributed by atoms with Crippen molar-refractivity contribution in [3.63, 3.8) is 0 Å². The molecule has 0 radical (unpaired) electrons. The van der Waals surface area contributed by atoms with Gasteiger partial charge in [-0.05, 0) is 44.1 Å². The fourth-order valence-corrected chi connectivity index (χ4v) is 3.80. The molecule has 146 valence electrons. The third-order valence-corrected chi connectivity index (χ3v) is 5.37. The first-order valence-electron chi connectivity index (χ1n) is 10.2. The summed E-state index contributed by atoms with van der Waals surface area (Å²) in [6, 6.07) is 0. The maximum Gasteiger partial charge on any atom is 0.306 e. The predicted octanol–water partition coefficient (Wildman–Crippen LogP) is 4.08. The summed E-state index contributed by atoms with van der Waals surface area (Å²) in [6.07, 6.45) is 19.5. The van der Waals surface area contributed by atoms with Crippen LogP contribution in [0.2, 0.25) is 0 Å². The molecule has 4 heteroatoms. The van der Waals surface area contributed by atoms with Crippen molar-refractivity contribution in [2.45, 2.75) is 83.0 Å². The van der Waals surface area contributed by atoms with E-state index in [0.717, 1.165) is 19.3 Å². The highest BCUT2D eigenvalue weighted by atomic mass is 16.5. The zero-order chi connectivity index (χ0) is 18.8. The van der Waals surface area contributed by atoms with Crippen LogP contribution in [0.15, 0.2) is 36.5 Å². The van der Waals surface area contributed by atoms with E-state index in [1.807, 2.05) is 12.2 Å². The van der Waals surface area contributed by atoms with Crippen molar-refractivity contribution in [2.24, 2.45) is 11.8 Å². The van der Waals surface area contributed by atoms with Crippen LogP contribution in [0.5, 0.6) is 0 Å². The number of unbranched alkanes of at least 4 members (excludes halogenated alkanes) is 3. The van der Waals surface area contributed by atoms with Crippen LogP contribution in [-0.2, 0) is 9.53 Å². The SMILES string of the molecule is CCCCC/C=C\C/C=C\C[C@@H]1[C@H](C=C[C@H]2CCC(=O)O2)[C@@H](O)C[C@H]1O. The smallest absolute Gasteiger partial charge is 0.306 e. The van der Waals surface area contributed by atoms with Gasteiger partial charge in [0.2, 0.25) is 0 Å². The minimum Gasteiger partial charge on any atom is -0.458 e. The lowest BCUT2D eigenvalue weighted by atomic mass is 9.89. The van der Waals surface area contributed by atoms with Crippen molar-refractivity contribution in [1.29, 1.82) is 0 Å². The summed E-state index contributed by atoms with van der Waals surface area (Å²) in [5.74, 6) is -0.226. The van der Waals surface area contributed by atoms with Crippen LogP contribution in [0.4, 0.5) is 0 Å². The van der Waals surface area contributed by atoms with Crippen LogP contribution in [0.25, 0.3) is 0 Å². The van der Waals surface area contributed by atoms with E-state index >= 15 is 0 Å². The number of carbonyl (C=O) groups excluding carboxylic acids is 1. The Morgan fingerprint density at radius 1 is 1.08 bits per heavy atom. The second-order valence-corrected chi connectivity index (χ2v) is 7.47. The number of aliphatic hydroxyl groups excluding tert-OH is 2. The van der Waals surface area contributed by atoms with E-state index in [-0.39, 0.29) is 23.9 Å². The van der Waals surface area contributed by atoms with Gasteiger partial charge in [-0.25, -0.2) is 0 Å². The molecule has 0 unspecified atom stereocenters. The molecule has 1 saturated heterocycles. The standard InChI is InChI=1S/C22H34O4/c1-2-3-4-5-6-7-8-9-10-11-18-19(21(24)16-20(18)23)14-12-17-13-15-22(25)26-17/h6-7,9-10,12,14,17-21,23-24H,2-5,8,11,13,15-16H2,1H3/b7-6-,10-9-,14-12?/t17-,18+,19-,20+,21-/m0/s1. The lowest BCUT2D eigenvalue weighted by molar-refractivity contribution is -0.140. The van der Waals surface area contributed by atoms with Crippen molar-refractivity contribution in [3.8, 4) is 0 Å². The van der Waals surface area contributed by atoms with Crippen molar-refractivity contribution in [2.75, 3.05) is 0 Å². The molecule has 2 fully saturated rings. The third-order valence-electron chi connectivity index (χ3n) is 5.37. The lowest BCUT2D eigenvalue weighted by Gasteiger charge is -2.19. The first-order chi connectivity index (χ1) is 12.6. The minimum atomic E-state index is -0.532. The predicted molar refractivity (Wildman–Crippen MR) is 104 cm³/mol. The summed E-state index contributed by atoms with van der Waals surface area (Å²) in [5, 5.41) is 20.5. The summed E-state index contributed by atoms with van der Waals surface area (Å²) in [5.41, 5.74) is 0. The van der Waals surface area contributed by atoms with Crippen LogP contribution in [0.1, 0.15) is 64.7 Å². The summed E-state index contributed by atoms with van der Waals surface area (Å²) in [7, 11) is 0. The lowest BCUT2D eigenvalue weighted by Crippen LogP contribution is -2.20. The first kappa shape index (κ1) is 20.9. The molecule has 1 aliphatic heterocycles. The van der Waals surface area contributed by atoms with Crippen LogP contribution in [-0.4, -0.2) is 34.5 Å². The molecule has 2 rings (SSSR count). The van der Waals surface area contributed by atoms with Crippen molar-refractivity contribution < 1.29 is 19.7 Å². The first-order valence-corrected chi connectivity index (χ1v) is 10.2. The van der Waals surface area contributed by atoms with E-state index in [0.29, 0.717) is 19.3 Å². The van der Waals surface area contributed by atoms with Gasteiger partial charge in [0, 0.05) is 18.8 Å². The molecule has 0 amide bonds. The number of hydrogen-bond donors (Lipinski definition) is 2. The Kier molecular flexibility index (Phi) is 9.13. The van der Waals surface area contributed by atoms with Crippen molar-refractivity contribution in [1.82, 2.24) is 0 Å². The molecular weight excluding hydrogens is 328 g/mol. The molecule has 5 atom stereocenters. The van der Waals surface area contributed by atoms with Gasteiger partial charge in [0.05, 0.1) is 12.2 Å². The van der Waals surface area contributed by atoms with Gasteiger partial charge >= 0.3 is 5.97 Å². The van der Waals surface area contributed by atoms with Gasteiger partial charge in [-0.1, -0.05) is 50.1 Å². The number of ether oxygens (including phenoxy) is 1. The fraction of sp³-hybridized carbons (Fsp3) is 0.682. The number of esters is 1. The van der Waals surface area contributed by atoms with E-state index in [9.17, 15) is 15.0 Å². The zero-order valence-corrected chi connectivity index (χ0v) is 15.9. The van der Waals surface area contributed by atoms with Gasteiger partial charge in [-0.15, -0.1) is 0 Å². The van der Waals surface area contributed by atoms with Crippen LogP contribution in [0.3, 0.4) is 0 Å². The molecule has 0 spiro atoms. The van der Waals surface area contributed by atoms with Gasteiger partial charge < -0.3 is 14.9 Å². The monoisotopic (exact) mass is 362 g/mol. The fourth-order valence-electron chi connectivity index (χ4n) is 3.80. The number of aliphatic hydroxyl groups is 2. The normalized spacial score (nSPS) is 32.4. The molecule has 0 aromatic rings. The summed E-state index contributed by atoms with van der Waals surface area (Å²) in [4.78, 5) is 11.2. The molecule has 26 heavy (non-hydrogen) atoms. The zero-order valence-electron chi connectivity index (χ0n) is 15.9. The molecule has 0 bridgehead atoms. The summed E-state index contributed by atoms with van der Waals surface area (Å²) >= 11 is 0. The maximum absolute atomic E-state index is 11.2. The second-order valence-electron chi connectivity index (χ2n) is 7.47. The van der Waals surface area contributed by atoms with Gasteiger partial charge in [0.1, 0.15) is 6.10 Å². The van der Waals surface area contributed by atoms with E-state index < -0.39 is 12.2 Å². The van der Waals surface area contributed by atoms with E-state index in [1.54, 1.807) is 0 Å². The number of carbonyl (C=O) groups is 1. The van der Waals surface area contributed by atoms with Gasteiger partial charge in [-0.3, -0.25) is 4.79 Å². The second kappa shape index (κ2) is 11.3. The molecule has 1 aliphatic carbocycles. The average molecular weight is 363 g/mol. The molecule has 2 aliphatic rings. The average Bonchev–Trinajstić information content (AvgIpc) is 3.14. The number of cyclic esters (lactones) is 1. The topological polar surface area (TPSA) is 66.8 Å². The molecule has 4 nitrogen and oxygen atoms in total. The van der Waals surface area contributed by atoms with E-state index in [2.05, 4.69) is 31.2 Å². The Bertz CT molecular complexity index is 508. The van der Waals surface area contributed by atoms with E-state index in [1.165, 1.54) is 19.3 Å². The van der Waals surface area contributed by atoms with Crippen molar-refractivity contribution >= 4 is 5.97 Å². The Labute approximate surface area is 157 Å². The molecular formula is C22H34O4. The molecule has 0 aromatic heterocycles. The number of rotatable bonds is 10. The maximum atomic E-state index is 11.2. The minimum absolute atomic E-state index is 0.0168. The Morgan fingerprint density at radius 3 is 2.62 bits per heavy atom. The molecule has 2 N–H and O–H groups in total. The van der Waals surface area contributed by atoms with Crippen molar-refractivity contribution in [3.05, 3.63) is 36.5 Å². The number of allylic oxidation sites excluding steroid dienone is 4. The largest absolute Gasteiger partial charge is 0.458 e. The van der Waals surface area contributed by atoms with Gasteiger partial charge in [-0.2, -0.15) is 0 Å². The highest BCUT2D eigenvalue weighted by molar-refractivity contribution is 5.71. The summed E-state index contributed by atoms with van der Waals surface area (Å²) < 4.78 is 5.19. The Morgan fingerprint density at radius 2 is 1.88 bits per heavy atom. The van der Waals surface area contributed by atoms with Crippen LogP contribution in [0, 0.1) is 11.8 Å². The highest BCUT2D eigenvalue weighted by Gasteiger charge is 2.39. The highest BCUT2D eigenvalue weighted by Crippen LogP contribution is 2.36. The Balaban J connectivity index is 1.77. The van der Waals surface area contributed by atoms with Crippen LogP contribution >= 0.6 is 0 Å². The van der Waals surface area contributed by atoms with Gasteiger partial charge in [0.25, 0.3) is 0 Å². The van der Waals surface area contributed by atoms with Gasteiger partial charge in [0.15, 0.2) is 0 Å². The summed E-state index contributed by atoms with van der Waals surface area (Å²) in [6.45, 7) is 2.21. The Hall–Kier alpha value is -1.39. The van der Waals surface area contributed by atoms with Crippen LogP contribution < -0.4 is 0 Å². The van der Waals surface area contributed by atoms with E-state index in [4.69, 9.17) is 4.74 Å².